The van der Waals surface area contributed by atoms with E-state index in [9.17, 15) is 4.79 Å². The number of hydrogen-bond acceptors (Lipinski definition) is 3. The van der Waals surface area contributed by atoms with Crippen LogP contribution >= 0.6 is 23.4 Å². The van der Waals surface area contributed by atoms with E-state index in [1.807, 2.05) is 31.2 Å². The number of benzene rings is 2. The van der Waals surface area contributed by atoms with Crippen LogP contribution in [0.15, 0.2) is 67.7 Å². The van der Waals surface area contributed by atoms with Crippen molar-refractivity contribution in [1.29, 1.82) is 0 Å². The molecule has 0 aliphatic rings. The Bertz CT molecular complexity index is 822. The molecule has 0 aliphatic carbocycles. The van der Waals surface area contributed by atoms with E-state index in [1.54, 1.807) is 18.2 Å². The fourth-order valence-electron chi connectivity index (χ4n) is 1.89. The SMILES string of the molecule is Cc1ccc(Sc2coc3ccc(Cl)cc3c2=O)cc1. The molecule has 0 aliphatic heterocycles. The lowest BCUT2D eigenvalue weighted by atomic mass is 10.2. The van der Waals surface area contributed by atoms with Crippen molar-refractivity contribution in [3.63, 3.8) is 0 Å². The first-order valence-corrected chi connectivity index (χ1v) is 7.28. The van der Waals surface area contributed by atoms with E-state index in [0.29, 0.717) is 20.9 Å². The lowest BCUT2D eigenvalue weighted by Gasteiger charge is -2.03. The summed E-state index contributed by atoms with van der Waals surface area (Å²) in [7, 11) is 0. The summed E-state index contributed by atoms with van der Waals surface area (Å²) in [4.78, 5) is 14.0. The maximum absolute atomic E-state index is 12.4. The lowest BCUT2D eigenvalue weighted by molar-refractivity contribution is 0.587. The predicted octanol–water partition coefficient (Wildman–Crippen LogP) is 4.91. The van der Waals surface area contributed by atoms with Gasteiger partial charge in [0.15, 0.2) is 0 Å². The molecule has 0 atom stereocenters. The monoisotopic (exact) mass is 302 g/mol. The summed E-state index contributed by atoms with van der Waals surface area (Å²) in [5.74, 6) is 0. The van der Waals surface area contributed by atoms with Crippen molar-refractivity contribution >= 4 is 34.3 Å². The first-order valence-electron chi connectivity index (χ1n) is 6.09. The van der Waals surface area contributed by atoms with Crippen molar-refractivity contribution in [3.8, 4) is 0 Å². The molecule has 0 unspecified atom stereocenters. The van der Waals surface area contributed by atoms with Gasteiger partial charge < -0.3 is 4.42 Å². The van der Waals surface area contributed by atoms with Crippen LogP contribution in [-0.4, -0.2) is 0 Å². The van der Waals surface area contributed by atoms with Gasteiger partial charge in [0.05, 0.1) is 10.3 Å². The zero-order chi connectivity index (χ0) is 14.1. The molecule has 3 aromatic rings. The molecular formula is C16H11ClO2S. The highest BCUT2D eigenvalue weighted by Gasteiger charge is 2.09. The maximum atomic E-state index is 12.4. The van der Waals surface area contributed by atoms with Crippen molar-refractivity contribution in [1.82, 2.24) is 0 Å². The molecule has 100 valence electrons. The lowest BCUT2D eigenvalue weighted by Crippen LogP contribution is -2.03. The van der Waals surface area contributed by atoms with Gasteiger partial charge >= 0.3 is 0 Å². The summed E-state index contributed by atoms with van der Waals surface area (Å²) in [6, 6.07) is 13.1. The first kappa shape index (κ1) is 13.3. The van der Waals surface area contributed by atoms with Gasteiger partial charge in [0, 0.05) is 9.92 Å². The topological polar surface area (TPSA) is 30.2 Å². The zero-order valence-electron chi connectivity index (χ0n) is 10.7. The van der Waals surface area contributed by atoms with E-state index in [1.165, 1.54) is 23.6 Å². The van der Waals surface area contributed by atoms with Gasteiger partial charge in [0.2, 0.25) is 5.43 Å². The van der Waals surface area contributed by atoms with E-state index >= 15 is 0 Å². The third kappa shape index (κ3) is 2.60. The maximum Gasteiger partial charge on any atom is 0.206 e. The Morgan fingerprint density at radius 2 is 1.85 bits per heavy atom. The van der Waals surface area contributed by atoms with Crippen molar-refractivity contribution < 1.29 is 4.42 Å². The molecule has 0 radical (unpaired) electrons. The Kier molecular flexibility index (Phi) is 3.55. The van der Waals surface area contributed by atoms with Crippen LogP contribution in [0, 0.1) is 6.92 Å². The van der Waals surface area contributed by atoms with E-state index in [4.69, 9.17) is 16.0 Å². The fraction of sp³-hybridized carbons (Fsp3) is 0.0625. The van der Waals surface area contributed by atoms with Crippen LogP contribution in [0.5, 0.6) is 0 Å². The Labute approximate surface area is 125 Å². The second-order valence-corrected chi connectivity index (χ2v) is 6.04. The molecule has 1 heterocycles. The summed E-state index contributed by atoms with van der Waals surface area (Å²) >= 11 is 7.33. The second kappa shape index (κ2) is 5.35. The van der Waals surface area contributed by atoms with Gasteiger partial charge in [-0.05, 0) is 37.3 Å². The van der Waals surface area contributed by atoms with Gasteiger partial charge in [0.1, 0.15) is 11.8 Å². The molecule has 20 heavy (non-hydrogen) atoms. The molecule has 2 aromatic carbocycles. The van der Waals surface area contributed by atoms with Crippen LogP contribution < -0.4 is 5.43 Å². The molecule has 3 rings (SSSR count). The van der Waals surface area contributed by atoms with Crippen molar-refractivity contribution in [3.05, 3.63) is 69.5 Å². The van der Waals surface area contributed by atoms with E-state index in [0.717, 1.165) is 4.90 Å². The van der Waals surface area contributed by atoms with Crippen LogP contribution in [-0.2, 0) is 0 Å². The van der Waals surface area contributed by atoms with E-state index < -0.39 is 0 Å². The van der Waals surface area contributed by atoms with Crippen molar-refractivity contribution in [2.75, 3.05) is 0 Å². The van der Waals surface area contributed by atoms with Crippen LogP contribution in [0.4, 0.5) is 0 Å². The van der Waals surface area contributed by atoms with Gasteiger partial charge in [-0.3, -0.25) is 4.79 Å². The molecule has 0 saturated heterocycles. The smallest absolute Gasteiger partial charge is 0.206 e. The minimum Gasteiger partial charge on any atom is -0.463 e. The first-order chi connectivity index (χ1) is 9.63. The normalized spacial score (nSPS) is 10.9. The van der Waals surface area contributed by atoms with Crippen LogP contribution in [0.25, 0.3) is 11.0 Å². The zero-order valence-corrected chi connectivity index (χ0v) is 12.3. The molecule has 4 heteroatoms. The van der Waals surface area contributed by atoms with Gasteiger partial charge in [-0.2, -0.15) is 0 Å². The summed E-state index contributed by atoms with van der Waals surface area (Å²) in [6.45, 7) is 2.03. The molecule has 0 N–H and O–H groups in total. The van der Waals surface area contributed by atoms with Gasteiger partial charge in [-0.25, -0.2) is 0 Å². The van der Waals surface area contributed by atoms with E-state index in [2.05, 4.69) is 0 Å². The number of fused-ring (bicyclic) bond motifs is 1. The van der Waals surface area contributed by atoms with Gasteiger partial charge in [-0.15, -0.1) is 0 Å². The molecule has 0 fully saturated rings. The Morgan fingerprint density at radius 3 is 2.60 bits per heavy atom. The molecule has 0 saturated carbocycles. The van der Waals surface area contributed by atoms with Crippen molar-refractivity contribution in [2.45, 2.75) is 16.7 Å². The standard InChI is InChI=1S/C16H11ClO2S/c1-10-2-5-12(6-3-10)20-15-9-19-14-7-4-11(17)8-13(14)16(15)18/h2-9H,1H3. The minimum absolute atomic E-state index is 0.0562. The average molecular weight is 303 g/mol. The molecule has 0 amide bonds. The van der Waals surface area contributed by atoms with E-state index in [-0.39, 0.29) is 5.43 Å². The third-order valence-electron chi connectivity index (χ3n) is 2.95. The number of aryl methyl sites for hydroxylation is 1. The third-order valence-corrected chi connectivity index (χ3v) is 4.20. The summed E-state index contributed by atoms with van der Waals surface area (Å²) in [6.07, 6.45) is 1.50. The fourth-order valence-corrected chi connectivity index (χ4v) is 2.89. The molecule has 0 spiro atoms. The van der Waals surface area contributed by atoms with Crippen LogP contribution in [0.1, 0.15) is 5.56 Å². The number of rotatable bonds is 2. The number of hydrogen-bond donors (Lipinski definition) is 0. The van der Waals surface area contributed by atoms with Crippen LogP contribution in [0.3, 0.4) is 0 Å². The molecule has 2 nitrogen and oxygen atoms in total. The highest BCUT2D eigenvalue weighted by atomic mass is 35.5. The Balaban J connectivity index is 2.06. The second-order valence-electron chi connectivity index (χ2n) is 4.48. The highest BCUT2D eigenvalue weighted by molar-refractivity contribution is 7.99. The predicted molar refractivity (Wildman–Crippen MR) is 82.8 cm³/mol. The quantitative estimate of drug-likeness (QED) is 0.674. The summed E-state index contributed by atoms with van der Waals surface area (Å²) < 4.78 is 5.50. The van der Waals surface area contributed by atoms with Gasteiger partial charge in [0.25, 0.3) is 0 Å². The molecule has 1 aromatic heterocycles. The largest absolute Gasteiger partial charge is 0.463 e. The average Bonchev–Trinajstić information content (AvgIpc) is 2.45. The Morgan fingerprint density at radius 1 is 1.10 bits per heavy atom. The summed E-state index contributed by atoms with van der Waals surface area (Å²) in [5, 5.41) is 1.04. The van der Waals surface area contributed by atoms with Crippen LogP contribution in [0.2, 0.25) is 5.02 Å². The molecule has 0 bridgehead atoms. The van der Waals surface area contributed by atoms with Crippen molar-refractivity contribution in [2.24, 2.45) is 0 Å². The molecular weight excluding hydrogens is 292 g/mol. The summed E-state index contributed by atoms with van der Waals surface area (Å²) in [5.41, 5.74) is 1.68. The highest BCUT2D eigenvalue weighted by Crippen LogP contribution is 2.27. The number of halogens is 1. The van der Waals surface area contributed by atoms with Gasteiger partial charge in [-0.1, -0.05) is 41.1 Å². The Hall–Kier alpha value is -1.71. The minimum atomic E-state index is -0.0562.